The third-order valence-corrected chi connectivity index (χ3v) is 12.6. The zero-order valence-electron chi connectivity index (χ0n) is 45.6. The van der Waals surface area contributed by atoms with Crippen LogP contribution in [0, 0.1) is 0 Å². The molecule has 0 aromatic carbocycles. The number of unbranched alkanes of at least 4 members (excludes halogenated alkanes) is 30. The van der Waals surface area contributed by atoms with Gasteiger partial charge in [-0.1, -0.05) is 235 Å². The SMILES string of the molecule is CCC/C=C\C/C=C\CCCCCCCC(=O)OCC(COC(=O)CCCCCCCCCCC/C=C\C/C=C\CCCCCCC)OC(=O)CCCCCCCCC/C=C\C/C=C\CCCCC. The summed E-state index contributed by atoms with van der Waals surface area (Å²) < 4.78 is 16.9. The fourth-order valence-corrected chi connectivity index (χ4v) is 8.19. The first-order valence-corrected chi connectivity index (χ1v) is 29.4. The summed E-state index contributed by atoms with van der Waals surface area (Å²) in [5, 5.41) is 0. The van der Waals surface area contributed by atoms with Crippen LogP contribution in [0.5, 0.6) is 0 Å². The lowest BCUT2D eigenvalue weighted by Gasteiger charge is -2.18. The Morgan fingerprint density at radius 2 is 0.551 bits per heavy atom. The molecule has 0 aliphatic heterocycles. The Morgan fingerprint density at radius 1 is 0.290 bits per heavy atom. The van der Waals surface area contributed by atoms with Crippen molar-refractivity contribution in [3.05, 3.63) is 72.9 Å². The molecule has 0 aliphatic rings. The summed E-state index contributed by atoms with van der Waals surface area (Å²) in [7, 11) is 0. The number of hydrogen-bond donors (Lipinski definition) is 0. The average Bonchev–Trinajstić information content (AvgIpc) is 3.35. The minimum atomic E-state index is -0.788. The fourth-order valence-electron chi connectivity index (χ4n) is 8.19. The van der Waals surface area contributed by atoms with Crippen LogP contribution in [0.3, 0.4) is 0 Å². The summed E-state index contributed by atoms with van der Waals surface area (Å²) in [5.41, 5.74) is 0. The first kappa shape index (κ1) is 65.8. The van der Waals surface area contributed by atoms with E-state index >= 15 is 0 Å². The number of carbonyl (C=O) groups excluding carboxylic acids is 3. The summed E-state index contributed by atoms with van der Waals surface area (Å²) >= 11 is 0. The van der Waals surface area contributed by atoms with Crippen LogP contribution in [0.1, 0.15) is 290 Å². The Bertz CT molecular complexity index is 1290. The van der Waals surface area contributed by atoms with Crippen LogP contribution in [0.4, 0.5) is 0 Å². The topological polar surface area (TPSA) is 78.9 Å². The highest BCUT2D eigenvalue weighted by atomic mass is 16.6. The molecule has 0 bridgehead atoms. The first-order chi connectivity index (χ1) is 34.0. The van der Waals surface area contributed by atoms with Crippen molar-refractivity contribution in [3.63, 3.8) is 0 Å². The van der Waals surface area contributed by atoms with Gasteiger partial charge in [0.1, 0.15) is 13.2 Å². The maximum Gasteiger partial charge on any atom is 0.306 e. The zero-order chi connectivity index (χ0) is 50.0. The van der Waals surface area contributed by atoms with E-state index in [4.69, 9.17) is 14.2 Å². The molecule has 1 unspecified atom stereocenters. The van der Waals surface area contributed by atoms with Crippen molar-refractivity contribution in [2.75, 3.05) is 13.2 Å². The van der Waals surface area contributed by atoms with E-state index in [-0.39, 0.29) is 31.1 Å². The van der Waals surface area contributed by atoms with Crippen molar-refractivity contribution in [2.24, 2.45) is 0 Å². The van der Waals surface area contributed by atoms with Gasteiger partial charge in [-0.05, 0) is 109 Å². The fraction of sp³-hybridized carbons (Fsp3) is 0.762. The molecule has 0 fully saturated rings. The van der Waals surface area contributed by atoms with Gasteiger partial charge >= 0.3 is 17.9 Å². The van der Waals surface area contributed by atoms with E-state index in [1.54, 1.807) is 0 Å². The van der Waals surface area contributed by atoms with E-state index in [2.05, 4.69) is 93.7 Å². The summed E-state index contributed by atoms with van der Waals surface area (Å²) in [6.45, 7) is 6.54. The van der Waals surface area contributed by atoms with Gasteiger partial charge in [0.15, 0.2) is 6.10 Å². The average molecular weight is 964 g/mol. The molecule has 398 valence electrons. The molecule has 1 atom stereocenters. The van der Waals surface area contributed by atoms with Gasteiger partial charge in [-0.2, -0.15) is 0 Å². The highest BCUT2D eigenvalue weighted by molar-refractivity contribution is 5.71. The second-order valence-electron chi connectivity index (χ2n) is 19.5. The van der Waals surface area contributed by atoms with E-state index in [9.17, 15) is 14.4 Å². The molecule has 0 aliphatic carbocycles. The van der Waals surface area contributed by atoms with Crippen LogP contribution in [0.2, 0.25) is 0 Å². The van der Waals surface area contributed by atoms with E-state index in [0.29, 0.717) is 19.3 Å². The van der Waals surface area contributed by atoms with E-state index in [1.165, 1.54) is 141 Å². The Balaban J connectivity index is 4.37. The minimum absolute atomic E-state index is 0.0850. The lowest BCUT2D eigenvalue weighted by molar-refractivity contribution is -0.167. The summed E-state index contributed by atoms with van der Waals surface area (Å²) in [4.78, 5) is 38.2. The van der Waals surface area contributed by atoms with Crippen LogP contribution >= 0.6 is 0 Å². The van der Waals surface area contributed by atoms with E-state index < -0.39 is 6.10 Å². The van der Waals surface area contributed by atoms with Gasteiger partial charge < -0.3 is 14.2 Å². The Labute approximate surface area is 427 Å². The molecule has 0 aromatic rings. The van der Waals surface area contributed by atoms with Crippen LogP contribution in [0.25, 0.3) is 0 Å². The van der Waals surface area contributed by atoms with Crippen molar-refractivity contribution < 1.29 is 28.6 Å². The number of rotatable bonds is 53. The van der Waals surface area contributed by atoms with Gasteiger partial charge in [-0.15, -0.1) is 0 Å². The normalized spacial score (nSPS) is 12.6. The van der Waals surface area contributed by atoms with Gasteiger partial charge in [-0.3, -0.25) is 14.4 Å². The highest BCUT2D eigenvalue weighted by Crippen LogP contribution is 2.15. The maximum atomic E-state index is 12.9. The van der Waals surface area contributed by atoms with Crippen LogP contribution in [0.15, 0.2) is 72.9 Å². The van der Waals surface area contributed by atoms with Crippen LogP contribution < -0.4 is 0 Å². The maximum absolute atomic E-state index is 12.9. The van der Waals surface area contributed by atoms with Crippen molar-refractivity contribution in [1.29, 1.82) is 0 Å². The van der Waals surface area contributed by atoms with E-state index in [1.807, 2.05) is 0 Å². The molecule has 0 aromatic heterocycles. The molecular formula is C63H110O6. The van der Waals surface area contributed by atoms with E-state index in [0.717, 1.165) is 109 Å². The Kier molecular flexibility index (Phi) is 54.8. The number of hydrogen-bond acceptors (Lipinski definition) is 6. The predicted octanol–water partition coefficient (Wildman–Crippen LogP) is 19.8. The Hall–Kier alpha value is -3.15. The van der Waals surface area contributed by atoms with Gasteiger partial charge in [0, 0.05) is 19.3 Å². The largest absolute Gasteiger partial charge is 0.462 e. The zero-order valence-corrected chi connectivity index (χ0v) is 45.6. The van der Waals surface area contributed by atoms with Crippen molar-refractivity contribution in [3.8, 4) is 0 Å². The third-order valence-electron chi connectivity index (χ3n) is 12.6. The van der Waals surface area contributed by atoms with Gasteiger partial charge in [-0.25, -0.2) is 0 Å². The lowest BCUT2D eigenvalue weighted by atomic mass is 10.1. The lowest BCUT2D eigenvalue weighted by Crippen LogP contribution is -2.30. The molecule has 6 heteroatoms. The molecule has 0 saturated heterocycles. The molecular weight excluding hydrogens is 853 g/mol. The predicted molar refractivity (Wildman–Crippen MR) is 298 cm³/mol. The number of ether oxygens (including phenoxy) is 3. The summed E-state index contributed by atoms with van der Waals surface area (Å²) in [6.07, 6.45) is 73.2. The molecule has 6 nitrogen and oxygen atoms in total. The molecule has 0 heterocycles. The second kappa shape index (κ2) is 57.4. The highest BCUT2D eigenvalue weighted by Gasteiger charge is 2.19. The molecule has 0 rings (SSSR count). The molecule has 69 heavy (non-hydrogen) atoms. The number of esters is 3. The Morgan fingerprint density at radius 3 is 0.884 bits per heavy atom. The smallest absolute Gasteiger partial charge is 0.306 e. The minimum Gasteiger partial charge on any atom is -0.462 e. The molecule has 0 spiro atoms. The van der Waals surface area contributed by atoms with Gasteiger partial charge in [0.05, 0.1) is 0 Å². The molecule has 0 radical (unpaired) electrons. The number of allylic oxidation sites excluding steroid dienone is 12. The van der Waals surface area contributed by atoms with Gasteiger partial charge in [0.2, 0.25) is 0 Å². The third kappa shape index (κ3) is 55.6. The summed E-state index contributed by atoms with van der Waals surface area (Å²) in [5.74, 6) is -0.903. The standard InChI is InChI=1S/C63H110O6/c1-4-7-10-13-16-19-22-25-27-29-30-31-32-34-35-38-41-44-47-50-53-56-62(65)68-59-60(58-67-61(64)55-52-49-46-43-40-37-24-21-18-15-12-9-6-3)69-63(66)57-54-51-48-45-42-39-36-33-28-26-23-20-17-14-11-8-5-2/h12,15,17,20-22,24-26,28-30,60H,4-11,13-14,16,18-19,23,27,31-59H2,1-3H3/b15-12-,20-17-,24-21-,25-22-,28-26-,30-29-. The monoisotopic (exact) mass is 963 g/mol. The summed E-state index contributed by atoms with van der Waals surface area (Å²) in [6, 6.07) is 0. The molecule has 0 saturated carbocycles. The van der Waals surface area contributed by atoms with Crippen LogP contribution in [-0.4, -0.2) is 37.2 Å². The second-order valence-corrected chi connectivity index (χ2v) is 19.5. The molecule has 0 N–H and O–H groups in total. The number of carbonyl (C=O) groups is 3. The first-order valence-electron chi connectivity index (χ1n) is 29.4. The van der Waals surface area contributed by atoms with Gasteiger partial charge in [0.25, 0.3) is 0 Å². The van der Waals surface area contributed by atoms with Crippen molar-refractivity contribution in [1.82, 2.24) is 0 Å². The van der Waals surface area contributed by atoms with Crippen molar-refractivity contribution >= 4 is 17.9 Å². The van der Waals surface area contributed by atoms with Crippen LogP contribution in [-0.2, 0) is 28.6 Å². The quantitative estimate of drug-likeness (QED) is 0.0262. The van der Waals surface area contributed by atoms with Crippen molar-refractivity contribution in [2.45, 2.75) is 297 Å². The molecule has 0 amide bonds.